The molecule has 258 valence electrons. The van der Waals surface area contributed by atoms with Gasteiger partial charge >= 0.3 is 12.6 Å². The van der Waals surface area contributed by atoms with Gasteiger partial charge in [-0.25, -0.2) is 13.2 Å². The summed E-state index contributed by atoms with van der Waals surface area (Å²) in [6.45, 7) is -3.08. The van der Waals surface area contributed by atoms with Crippen LogP contribution in [0.5, 0.6) is 11.5 Å². The molecular weight excluding hydrogens is 711 g/mol. The van der Waals surface area contributed by atoms with Gasteiger partial charge in [0.05, 0.1) is 21.0 Å². The number of carbonyl (C=O) groups excluding carboxylic acids is 2. The highest BCUT2D eigenvalue weighted by Crippen LogP contribution is 2.39. The zero-order valence-electron chi connectivity index (χ0n) is 26.0. The monoisotopic (exact) mass is 743 g/mol. The molecule has 16 heteroatoms. The van der Waals surface area contributed by atoms with Gasteiger partial charge < -0.3 is 19.1 Å². The summed E-state index contributed by atoms with van der Waals surface area (Å²) in [4.78, 5) is 31.6. The van der Waals surface area contributed by atoms with Gasteiger partial charge in [0.1, 0.15) is 6.10 Å². The van der Waals surface area contributed by atoms with Crippen LogP contribution in [0.4, 0.5) is 8.78 Å². The summed E-state index contributed by atoms with van der Waals surface area (Å²) in [6, 6.07) is 9.85. The van der Waals surface area contributed by atoms with Crippen LogP contribution < -0.4 is 9.47 Å². The van der Waals surface area contributed by atoms with Crippen molar-refractivity contribution >= 4 is 56.9 Å². The second-order valence-corrected chi connectivity index (χ2v) is 15.3. The van der Waals surface area contributed by atoms with Crippen molar-refractivity contribution in [2.45, 2.75) is 61.2 Å². The summed E-state index contributed by atoms with van der Waals surface area (Å²) in [5.74, 6) is -1.06. The Balaban J connectivity index is 1.47. The van der Waals surface area contributed by atoms with Crippen LogP contribution in [0, 0.1) is 0 Å². The van der Waals surface area contributed by atoms with E-state index in [9.17, 15) is 26.8 Å². The molecule has 0 bridgehead atoms. The molecule has 0 spiro atoms. The number of aromatic nitrogens is 1. The van der Waals surface area contributed by atoms with E-state index in [4.69, 9.17) is 37.4 Å². The van der Waals surface area contributed by atoms with Gasteiger partial charge in [-0.3, -0.25) is 9.78 Å². The number of sulfonamides is 1. The number of nitrogens with zero attached hydrogens (tertiary/aromatic N) is 3. The summed E-state index contributed by atoms with van der Waals surface area (Å²) in [5.41, 5.74) is 0.936. The number of alkyl halides is 2. The van der Waals surface area contributed by atoms with Crippen LogP contribution in [0.1, 0.15) is 53.3 Å². The first-order chi connectivity index (χ1) is 22.8. The summed E-state index contributed by atoms with van der Waals surface area (Å²) in [7, 11) is -1.13. The lowest BCUT2D eigenvalue weighted by Crippen LogP contribution is -2.40. The van der Waals surface area contributed by atoms with E-state index in [-0.39, 0.29) is 57.0 Å². The molecule has 3 aromatic rings. The van der Waals surface area contributed by atoms with E-state index >= 15 is 0 Å². The van der Waals surface area contributed by atoms with Gasteiger partial charge in [-0.2, -0.15) is 13.1 Å². The molecule has 0 unspecified atom stereocenters. The van der Waals surface area contributed by atoms with Crippen molar-refractivity contribution in [1.29, 1.82) is 0 Å². The molecule has 2 atom stereocenters. The SMILES string of the molecule is CN(C)C(=O)c1cccc(S(=O)(=O)N2CCS[C@H]2C(=O)O[C@@H](Cc2c(Cl)cncc2Cl)c2ccc(OC(F)F)c(OC3CCCC3)c2)c1. The van der Waals surface area contributed by atoms with E-state index in [1.54, 1.807) is 14.1 Å². The molecule has 1 saturated heterocycles. The van der Waals surface area contributed by atoms with Crippen molar-refractivity contribution in [3.05, 3.63) is 81.6 Å². The number of pyridine rings is 1. The van der Waals surface area contributed by atoms with Gasteiger partial charge in [0, 0.05) is 50.8 Å². The largest absolute Gasteiger partial charge is 0.487 e. The zero-order chi connectivity index (χ0) is 34.6. The Labute approximate surface area is 291 Å². The Morgan fingerprint density at radius 1 is 1.06 bits per heavy atom. The summed E-state index contributed by atoms with van der Waals surface area (Å²) >= 11 is 13.9. The Morgan fingerprint density at radius 3 is 2.44 bits per heavy atom. The van der Waals surface area contributed by atoms with Gasteiger partial charge in [-0.1, -0.05) is 35.3 Å². The Hall–Kier alpha value is -3.17. The van der Waals surface area contributed by atoms with E-state index < -0.39 is 34.1 Å². The van der Waals surface area contributed by atoms with Crippen LogP contribution >= 0.6 is 35.0 Å². The molecule has 10 nitrogen and oxygen atoms in total. The molecule has 1 aromatic heterocycles. The maximum absolute atomic E-state index is 13.9. The first-order valence-electron chi connectivity index (χ1n) is 15.0. The number of amides is 1. The number of benzene rings is 2. The van der Waals surface area contributed by atoms with Crippen molar-refractivity contribution in [3.63, 3.8) is 0 Å². The number of carbonyl (C=O) groups is 2. The van der Waals surface area contributed by atoms with Crippen LogP contribution in [-0.4, -0.2) is 79.0 Å². The number of hydrogen-bond donors (Lipinski definition) is 0. The molecule has 5 rings (SSSR count). The van der Waals surface area contributed by atoms with Crippen LogP contribution in [0.2, 0.25) is 10.0 Å². The molecule has 48 heavy (non-hydrogen) atoms. The Bertz CT molecular complexity index is 1740. The lowest BCUT2D eigenvalue weighted by atomic mass is 10.0. The average Bonchev–Trinajstić information content (AvgIpc) is 3.76. The van der Waals surface area contributed by atoms with Crippen molar-refractivity contribution in [2.24, 2.45) is 0 Å². The van der Waals surface area contributed by atoms with E-state index in [2.05, 4.69) is 4.98 Å². The zero-order valence-corrected chi connectivity index (χ0v) is 29.1. The number of rotatable bonds is 12. The minimum Gasteiger partial charge on any atom is -0.487 e. The second kappa shape index (κ2) is 15.6. The number of esters is 1. The minimum absolute atomic E-state index is 0.0182. The maximum atomic E-state index is 13.9. The van der Waals surface area contributed by atoms with Crippen molar-refractivity contribution in [1.82, 2.24) is 14.2 Å². The number of hydrogen-bond acceptors (Lipinski definition) is 9. The summed E-state index contributed by atoms with van der Waals surface area (Å²) in [5, 5.41) is -0.852. The van der Waals surface area contributed by atoms with Gasteiger partial charge in [-0.05, 0) is 67.1 Å². The highest BCUT2D eigenvalue weighted by Gasteiger charge is 2.42. The third kappa shape index (κ3) is 8.33. The molecule has 2 fully saturated rings. The van der Waals surface area contributed by atoms with E-state index in [0.717, 1.165) is 41.8 Å². The molecular formula is C32H33Cl2F2N3O7S2. The lowest BCUT2D eigenvalue weighted by Gasteiger charge is -2.26. The van der Waals surface area contributed by atoms with Gasteiger partial charge in [0.15, 0.2) is 16.9 Å². The Morgan fingerprint density at radius 2 is 1.77 bits per heavy atom. The highest BCUT2D eigenvalue weighted by atomic mass is 35.5. The third-order valence-corrected chi connectivity index (χ3v) is 11.7. The molecule has 0 N–H and O–H groups in total. The number of ether oxygens (including phenoxy) is 3. The molecule has 2 aliphatic rings. The van der Waals surface area contributed by atoms with Crippen LogP contribution in [0.25, 0.3) is 0 Å². The maximum Gasteiger partial charge on any atom is 0.387 e. The number of thioether (sulfide) groups is 1. The highest BCUT2D eigenvalue weighted by molar-refractivity contribution is 8.02. The fraction of sp³-hybridized carbons (Fsp3) is 0.406. The number of halogens is 4. The van der Waals surface area contributed by atoms with Crippen molar-refractivity contribution in [3.8, 4) is 11.5 Å². The lowest BCUT2D eigenvalue weighted by molar-refractivity contribution is -0.150. The molecule has 2 aromatic carbocycles. The van der Waals surface area contributed by atoms with Crippen molar-refractivity contribution < 1.29 is 41.0 Å². The molecule has 0 radical (unpaired) electrons. The fourth-order valence-corrected chi connectivity index (χ4v) is 9.12. The second-order valence-electron chi connectivity index (χ2n) is 11.4. The first kappa shape index (κ1) is 36.1. The molecule has 1 amide bonds. The van der Waals surface area contributed by atoms with E-state index in [1.165, 1.54) is 59.8 Å². The molecule has 1 aliphatic heterocycles. The quantitative estimate of drug-likeness (QED) is 0.189. The van der Waals surface area contributed by atoms with Crippen molar-refractivity contribution in [2.75, 3.05) is 26.4 Å². The molecule has 1 aliphatic carbocycles. The van der Waals surface area contributed by atoms with Crippen LogP contribution in [0.3, 0.4) is 0 Å². The van der Waals surface area contributed by atoms with E-state index in [0.29, 0.717) is 16.9 Å². The topological polar surface area (TPSA) is 115 Å². The van der Waals surface area contributed by atoms with Gasteiger partial charge in [0.2, 0.25) is 10.0 Å². The summed E-state index contributed by atoms with van der Waals surface area (Å²) in [6.07, 6.45) is 4.76. The smallest absolute Gasteiger partial charge is 0.387 e. The van der Waals surface area contributed by atoms with Gasteiger partial charge in [-0.15, -0.1) is 11.8 Å². The van der Waals surface area contributed by atoms with Crippen LogP contribution in [0.15, 0.2) is 59.8 Å². The van der Waals surface area contributed by atoms with Crippen LogP contribution in [-0.2, 0) is 26.0 Å². The first-order valence-corrected chi connectivity index (χ1v) is 18.3. The predicted molar refractivity (Wildman–Crippen MR) is 177 cm³/mol. The van der Waals surface area contributed by atoms with Gasteiger partial charge in [0.25, 0.3) is 5.91 Å². The molecule has 1 saturated carbocycles. The summed E-state index contributed by atoms with van der Waals surface area (Å²) < 4.78 is 72.1. The standard InChI is InChI=1S/C32H33Cl2F2N3O7S2/c1-38(2)29(40)20-6-5-9-22(14-20)48(42,43)39-12-13-47-30(39)31(41)45-27(16-23-24(33)17-37-18-25(23)34)19-10-11-26(46-32(35)36)28(15-19)44-21-7-3-4-8-21/h5-6,9-11,14-15,17-18,21,27,30,32H,3-4,7-8,12-13,16H2,1-2H3/t27-,30-/m0/s1. The predicted octanol–water partition coefficient (Wildman–Crippen LogP) is 6.60. The molecule has 2 heterocycles. The van der Waals surface area contributed by atoms with E-state index in [1.807, 2.05) is 0 Å². The Kier molecular flexibility index (Phi) is 11.7. The normalized spacial score (nSPS) is 17.8. The average molecular weight is 745 g/mol. The fourth-order valence-electron chi connectivity index (χ4n) is 5.51. The minimum atomic E-state index is -4.24. The third-order valence-electron chi connectivity index (χ3n) is 7.90.